The maximum Gasteiger partial charge on any atom is 0.298 e. The first-order chi connectivity index (χ1) is 8.97. The quantitative estimate of drug-likeness (QED) is 0.654. The molecule has 2 unspecified atom stereocenters. The average molecular weight is 271 g/mol. The third-order valence-electron chi connectivity index (χ3n) is 3.29. The smallest absolute Gasteiger partial charge is 0.298 e. The monoisotopic (exact) mass is 271 g/mol. The number of hydrogen-bond acceptors (Lipinski definition) is 4. The van der Waals surface area contributed by atoms with Crippen molar-refractivity contribution in [3.8, 4) is 0 Å². The second-order valence-electron chi connectivity index (χ2n) is 4.81. The van der Waals surface area contributed by atoms with Crippen molar-refractivity contribution in [1.82, 2.24) is 0 Å². The summed E-state index contributed by atoms with van der Waals surface area (Å²) < 4.78 is 26.7. The Hall–Kier alpha value is -1.76. The summed E-state index contributed by atoms with van der Waals surface area (Å²) in [5.41, 5.74) is 4.97. The van der Waals surface area contributed by atoms with Gasteiger partial charge >= 0.3 is 0 Å². The Balaban J connectivity index is 2.26. The van der Waals surface area contributed by atoms with Crippen LogP contribution in [0.25, 0.3) is 0 Å². The Kier molecular flexibility index (Phi) is 3.94. The molecule has 2 atom stereocenters. The molecule has 104 valence electrons. The Bertz CT molecular complexity index is 496. The molecule has 7 heteroatoms. The Morgan fingerprint density at radius 3 is 2.74 bits per heavy atom. The van der Waals surface area contributed by atoms with Gasteiger partial charge in [0.25, 0.3) is 5.69 Å². The van der Waals surface area contributed by atoms with E-state index in [4.69, 9.17) is 5.73 Å². The normalized spacial score (nSPS) is 23.1. The van der Waals surface area contributed by atoms with Crippen molar-refractivity contribution in [2.24, 2.45) is 5.73 Å². The predicted molar refractivity (Wildman–Crippen MR) is 66.9 cm³/mol. The van der Waals surface area contributed by atoms with E-state index in [1.807, 2.05) is 0 Å². The summed E-state index contributed by atoms with van der Waals surface area (Å²) in [7, 11) is 0. The van der Waals surface area contributed by atoms with Gasteiger partial charge in [-0.05, 0) is 25.7 Å². The number of anilines is 1. The van der Waals surface area contributed by atoms with Crippen LogP contribution in [0, 0.1) is 21.7 Å². The van der Waals surface area contributed by atoms with Crippen LogP contribution in [0.5, 0.6) is 0 Å². The molecule has 0 spiro atoms. The summed E-state index contributed by atoms with van der Waals surface area (Å²) >= 11 is 0. The molecule has 2 rings (SSSR count). The fourth-order valence-corrected chi connectivity index (χ4v) is 2.41. The molecule has 1 fully saturated rings. The van der Waals surface area contributed by atoms with E-state index < -0.39 is 22.2 Å². The highest BCUT2D eigenvalue weighted by atomic mass is 19.1. The van der Waals surface area contributed by atoms with Gasteiger partial charge < -0.3 is 11.1 Å². The van der Waals surface area contributed by atoms with E-state index in [0.29, 0.717) is 18.6 Å². The maximum atomic E-state index is 13.7. The average Bonchev–Trinajstić information content (AvgIpc) is 2.32. The first-order valence-electron chi connectivity index (χ1n) is 6.13. The zero-order valence-corrected chi connectivity index (χ0v) is 10.2. The van der Waals surface area contributed by atoms with Crippen LogP contribution in [0.15, 0.2) is 12.1 Å². The minimum absolute atomic E-state index is 0.00816. The number of nitrogens with two attached hydrogens (primary N) is 1. The van der Waals surface area contributed by atoms with Crippen molar-refractivity contribution in [3.63, 3.8) is 0 Å². The standard InChI is InChI=1S/C12H15F2N3O2/c13-7-4-10(14)12(11(5-7)17(18)19)16-9-3-1-2-8(15)6-9/h4-5,8-9,16H,1-3,6,15H2. The van der Waals surface area contributed by atoms with E-state index in [2.05, 4.69) is 5.32 Å². The van der Waals surface area contributed by atoms with Gasteiger partial charge in [0.05, 0.1) is 11.0 Å². The van der Waals surface area contributed by atoms with Crippen LogP contribution in [0.1, 0.15) is 25.7 Å². The summed E-state index contributed by atoms with van der Waals surface area (Å²) in [5, 5.41) is 13.6. The van der Waals surface area contributed by atoms with Crippen LogP contribution in [-0.4, -0.2) is 17.0 Å². The molecule has 0 aromatic heterocycles. The number of benzene rings is 1. The number of hydrogen-bond donors (Lipinski definition) is 2. The lowest BCUT2D eigenvalue weighted by atomic mass is 9.91. The van der Waals surface area contributed by atoms with Gasteiger partial charge in [0.2, 0.25) is 0 Å². The molecule has 1 saturated carbocycles. The highest BCUT2D eigenvalue weighted by Gasteiger charge is 2.25. The lowest BCUT2D eigenvalue weighted by Gasteiger charge is -2.28. The molecule has 1 aromatic carbocycles. The van der Waals surface area contributed by atoms with Crippen molar-refractivity contribution < 1.29 is 13.7 Å². The fourth-order valence-electron chi connectivity index (χ4n) is 2.41. The van der Waals surface area contributed by atoms with Crippen molar-refractivity contribution in [2.45, 2.75) is 37.8 Å². The molecule has 1 aromatic rings. The van der Waals surface area contributed by atoms with Gasteiger partial charge in [-0.25, -0.2) is 8.78 Å². The van der Waals surface area contributed by atoms with E-state index in [1.54, 1.807) is 0 Å². The molecule has 0 radical (unpaired) electrons. The molecule has 0 heterocycles. The predicted octanol–water partition coefficient (Wildman–Crippen LogP) is 2.55. The largest absolute Gasteiger partial charge is 0.374 e. The van der Waals surface area contributed by atoms with Gasteiger partial charge in [0.15, 0.2) is 5.82 Å². The highest BCUT2D eigenvalue weighted by Crippen LogP contribution is 2.31. The minimum atomic E-state index is -0.963. The topological polar surface area (TPSA) is 81.2 Å². The van der Waals surface area contributed by atoms with Crippen molar-refractivity contribution in [2.75, 3.05) is 5.32 Å². The molecule has 3 N–H and O–H groups in total. The Labute approximate surface area is 108 Å². The van der Waals surface area contributed by atoms with Crippen LogP contribution in [0.2, 0.25) is 0 Å². The zero-order chi connectivity index (χ0) is 14.0. The van der Waals surface area contributed by atoms with E-state index in [9.17, 15) is 18.9 Å². The van der Waals surface area contributed by atoms with Crippen LogP contribution in [0.4, 0.5) is 20.2 Å². The van der Waals surface area contributed by atoms with Crippen molar-refractivity contribution in [3.05, 3.63) is 33.9 Å². The minimum Gasteiger partial charge on any atom is -0.374 e. The van der Waals surface area contributed by atoms with Gasteiger partial charge in [-0.3, -0.25) is 10.1 Å². The summed E-state index contributed by atoms with van der Waals surface area (Å²) in [6.07, 6.45) is 3.16. The number of nitrogens with one attached hydrogen (secondary N) is 1. The van der Waals surface area contributed by atoms with Crippen LogP contribution >= 0.6 is 0 Å². The zero-order valence-electron chi connectivity index (χ0n) is 10.2. The van der Waals surface area contributed by atoms with Gasteiger partial charge in [-0.15, -0.1) is 0 Å². The fraction of sp³-hybridized carbons (Fsp3) is 0.500. The summed E-state index contributed by atoms with van der Waals surface area (Å²) in [4.78, 5) is 10.0. The van der Waals surface area contributed by atoms with Gasteiger partial charge in [0.1, 0.15) is 11.5 Å². The lowest BCUT2D eigenvalue weighted by molar-refractivity contribution is -0.384. The molecule has 1 aliphatic carbocycles. The van der Waals surface area contributed by atoms with Crippen LogP contribution in [0.3, 0.4) is 0 Å². The number of rotatable bonds is 3. The first kappa shape index (κ1) is 13.7. The molecule has 0 aliphatic heterocycles. The number of nitrogens with zero attached hydrogens (tertiary/aromatic N) is 1. The van der Waals surface area contributed by atoms with E-state index >= 15 is 0 Å². The number of nitro groups is 1. The van der Waals surface area contributed by atoms with Crippen LogP contribution < -0.4 is 11.1 Å². The Morgan fingerprint density at radius 2 is 2.11 bits per heavy atom. The second kappa shape index (κ2) is 5.48. The van der Waals surface area contributed by atoms with Gasteiger partial charge in [-0.2, -0.15) is 0 Å². The molecule has 19 heavy (non-hydrogen) atoms. The number of nitro benzene ring substituents is 1. The number of halogens is 2. The van der Waals surface area contributed by atoms with E-state index in [-0.39, 0.29) is 17.8 Å². The second-order valence-corrected chi connectivity index (χ2v) is 4.81. The van der Waals surface area contributed by atoms with E-state index in [1.165, 1.54) is 0 Å². The molecule has 0 saturated heterocycles. The Morgan fingerprint density at radius 1 is 1.37 bits per heavy atom. The van der Waals surface area contributed by atoms with Gasteiger partial charge in [0, 0.05) is 18.2 Å². The third-order valence-corrected chi connectivity index (χ3v) is 3.29. The summed E-state index contributed by atoms with van der Waals surface area (Å²) in [5.74, 6) is -1.92. The maximum absolute atomic E-state index is 13.7. The molecule has 1 aliphatic rings. The van der Waals surface area contributed by atoms with Crippen molar-refractivity contribution in [1.29, 1.82) is 0 Å². The third kappa shape index (κ3) is 3.17. The molecule has 5 nitrogen and oxygen atoms in total. The molecular weight excluding hydrogens is 256 g/mol. The highest BCUT2D eigenvalue weighted by molar-refractivity contribution is 5.63. The lowest BCUT2D eigenvalue weighted by Crippen LogP contribution is -2.35. The summed E-state index contributed by atoms with van der Waals surface area (Å²) in [6, 6.07) is 1.24. The van der Waals surface area contributed by atoms with E-state index in [0.717, 1.165) is 19.3 Å². The molecular formula is C12H15F2N3O2. The first-order valence-corrected chi connectivity index (χ1v) is 6.13. The van der Waals surface area contributed by atoms with Crippen molar-refractivity contribution >= 4 is 11.4 Å². The summed E-state index contributed by atoms with van der Waals surface area (Å²) in [6.45, 7) is 0. The molecule has 0 amide bonds. The van der Waals surface area contributed by atoms with Crippen LogP contribution in [-0.2, 0) is 0 Å². The molecule has 0 bridgehead atoms. The van der Waals surface area contributed by atoms with Gasteiger partial charge in [-0.1, -0.05) is 0 Å². The SMILES string of the molecule is NC1CCCC(Nc2c(F)cc(F)cc2[N+](=O)[O-])C1.